The second kappa shape index (κ2) is 3.09. The smallest absolute Gasteiger partial charge is 0.219 e. The van der Waals surface area contributed by atoms with Crippen molar-refractivity contribution in [3.63, 3.8) is 0 Å². The van der Waals surface area contributed by atoms with E-state index in [4.69, 9.17) is 6.42 Å². The zero-order valence-corrected chi connectivity index (χ0v) is 5.06. The molecular formula is C6H8NO. The van der Waals surface area contributed by atoms with E-state index in [-0.39, 0.29) is 12.5 Å². The molecule has 0 unspecified atom stereocenters. The van der Waals surface area contributed by atoms with E-state index < -0.39 is 0 Å². The Morgan fingerprint density at radius 3 is 2.50 bits per heavy atom. The van der Waals surface area contributed by atoms with Gasteiger partial charge in [0, 0.05) is 14.0 Å². The van der Waals surface area contributed by atoms with Crippen LogP contribution in [0.15, 0.2) is 0 Å². The highest BCUT2D eigenvalue weighted by molar-refractivity contribution is 5.73. The van der Waals surface area contributed by atoms with Crippen molar-refractivity contribution in [1.29, 1.82) is 0 Å². The minimum atomic E-state index is -0.0373. The minimum absolute atomic E-state index is 0.0373. The molecule has 0 bridgehead atoms. The number of amides is 1. The predicted molar refractivity (Wildman–Crippen MR) is 30.4 cm³/mol. The summed E-state index contributed by atoms with van der Waals surface area (Å²) in [6, 6.07) is 0. The van der Waals surface area contributed by atoms with Crippen molar-refractivity contribution in [2.45, 2.75) is 6.92 Å². The zero-order valence-electron chi connectivity index (χ0n) is 5.06. The molecule has 2 heteroatoms. The van der Waals surface area contributed by atoms with Crippen molar-refractivity contribution in [2.75, 3.05) is 13.6 Å². The van der Waals surface area contributed by atoms with Gasteiger partial charge in [0.15, 0.2) is 0 Å². The SMILES string of the molecule is [C]#CCN(C)C(C)=O. The van der Waals surface area contributed by atoms with E-state index in [2.05, 4.69) is 5.92 Å². The van der Waals surface area contributed by atoms with Gasteiger partial charge in [-0.25, -0.2) is 0 Å². The summed E-state index contributed by atoms with van der Waals surface area (Å²) in [5, 5.41) is 0. The Kier molecular flexibility index (Phi) is 2.71. The van der Waals surface area contributed by atoms with Crippen LogP contribution in [-0.2, 0) is 4.79 Å². The molecule has 1 radical (unpaired) electrons. The third-order valence-corrected chi connectivity index (χ3v) is 0.854. The van der Waals surface area contributed by atoms with E-state index in [0.717, 1.165) is 0 Å². The molecule has 0 aromatic carbocycles. The summed E-state index contributed by atoms with van der Waals surface area (Å²) < 4.78 is 0. The van der Waals surface area contributed by atoms with Gasteiger partial charge in [-0.15, -0.1) is 0 Å². The molecule has 0 fully saturated rings. The van der Waals surface area contributed by atoms with Crippen molar-refractivity contribution < 1.29 is 4.79 Å². The highest BCUT2D eigenvalue weighted by Gasteiger charge is 1.95. The number of carbonyl (C=O) groups is 1. The summed E-state index contributed by atoms with van der Waals surface area (Å²) in [6.45, 7) is 1.74. The van der Waals surface area contributed by atoms with Gasteiger partial charge >= 0.3 is 0 Å². The van der Waals surface area contributed by atoms with Crippen molar-refractivity contribution >= 4 is 5.91 Å². The first kappa shape index (κ1) is 7.03. The average Bonchev–Trinajstić information content (AvgIpc) is 1.67. The molecule has 0 saturated heterocycles. The Morgan fingerprint density at radius 1 is 1.88 bits per heavy atom. The van der Waals surface area contributed by atoms with Crippen LogP contribution in [0.2, 0.25) is 0 Å². The highest BCUT2D eigenvalue weighted by atomic mass is 16.2. The van der Waals surface area contributed by atoms with Crippen molar-refractivity contribution in [3.05, 3.63) is 6.42 Å². The van der Waals surface area contributed by atoms with Gasteiger partial charge in [-0.3, -0.25) is 4.79 Å². The fourth-order valence-corrected chi connectivity index (χ4v) is 0.230. The molecule has 43 valence electrons. The normalized spacial score (nSPS) is 7.62. The Balaban J connectivity index is 3.52. The summed E-state index contributed by atoms with van der Waals surface area (Å²) in [5.41, 5.74) is 0. The second-order valence-electron chi connectivity index (χ2n) is 1.55. The van der Waals surface area contributed by atoms with Crippen LogP contribution in [0.1, 0.15) is 6.92 Å². The summed E-state index contributed by atoms with van der Waals surface area (Å²) >= 11 is 0. The summed E-state index contributed by atoms with van der Waals surface area (Å²) in [4.78, 5) is 11.7. The maximum Gasteiger partial charge on any atom is 0.219 e. The van der Waals surface area contributed by atoms with Crippen LogP contribution in [-0.4, -0.2) is 24.4 Å². The maximum absolute atomic E-state index is 10.3. The molecule has 0 aliphatic heterocycles. The number of carbonyl (C=O) groups excluding carboxylic acids is 1. The number of rotatable bonds is 1. The van der Waals surface area contributed by atoms with Crippen LogP contribution in [0, 0.1) is 12.3 Å². The van der Waals surface area contributed by atoms with E-state index in [1.54, 1.807) is 7.05 Å². The first-order valence-corrected chi connectivity index (χ1v) is 2.29. The molecule has 1 amide bonds. The fraction of sp³-hybridized carbons (Fsp3) is 0.500. The van der Waals surface area contributed by atoms with Gasteiger partial charge in [0.25, 0.3) is 0 Å². The summed E-state index contributed by atoms with van der Waals surface area (Å²) in [6.07, 6.45) is 6.48. The van der Waals surface area contributed by atoms with Crippen LogP contribution in [0.3, 0.4) is 0 Å². The second-order valence-corrected chi connectivity index (χ2v) is 1.55. The molecule has 8 heavy (non-hydrogen) atoms. The molecule has 0 aromatic rings. The Morgan fingerprint density at radius 2 is 2.38 bits per heavy atom. The monoisotopic (exact) mass is 110 g/mol. The van der Waals surface area contributed by atoms with Crippen LogP contribution in [0.4, 0.5) is 0 Å². The zero-order chi connectivity index (χ0) is 6.57. The van der Waals surface area contributed by atoms with E-state index >= 15 is 0 Å². The molecule has 0 rings (SSSR count). The maximum atomic E-state index is 10.3. The summed E-state index contributed by atoms with van der Waals surface area (Å²) in [5.74, 6) is 2.07. The number of hydrogen-bond donors (Lipinski definition) is 0. The van der Waals surface area contributed by atoms with Crippen LogP contribution in [0.5, 0.6) is 0 Å². The van der Waals surface area contributed by atoms with Crippen LogP contribution >= 0.6 is 0 Å². The molecule has 0 N–H and O–H groups in total. The largest absolute Gasteiger partial charge is 0.335 e. The van der Waals surface area contributed by atoms with E-state index in [1.807, 2.05) is 0 Å². The lowest BCUT2D eigenvalue weighted by Crippen LogP contribution is -2.23. The molecule has 0 spiro atoms. The lowest BCUT2D eigenvalue weighted by molar-refractivity contribution is -0.126. The number of hydrogen-bond acceptors (Lipinski definition) is 1. The van der Waals surface area contributed by atoms with Gasteiger partial charge < -0.3 is 4.90 Å². The fourth-order valence-electron chi connectivity index (χ4n) is 0.230. The Bertz CT molecular complexity index is 123. The molecular weight excluding hydrogens is 102 g/mol. The van der Waals surface area contributed by atoms with Gasteiger partial charge in [0.05, 0.1) is 6.54 Å². The molecule has 0 aromatic heterocycles. The Labute approximate surface area is 49.5 Å². The first-order valence-electron chi connectivity index (χ1n) is 2.29. The minimum Gasteiger partial charge on any atom is -0.335 e. The molecule has 0 aliphatic carbocycles. The highest BCUT2D eigenvalue weighted by Crippen LogP contribution is 1.78. The quantitative estimate of drug-likeness (QED) is 0.437. The standard InChI is InChI=1S/C6H8NO/c1-4-5-7(3)6(2)8/h5H2,2-3H3. The Hall–Kier alpha value is -0.970. The predicted octanol–water partition coefficient (Wildman–Crippen LogP) is 0.0545. The molecule has 0 atom stereocenters. The molecule has 2 nitrogen and oxygen atoms in total. The molecule has 0 aliphatic rings. The van der Waals surface area contributed by atoms with E-state index in [0.29, 0.717) is 0 Å². The lowest BCUT2D eigenvalue weighted by atomic mass is 10.5. The van der Waals surface area contributed by atoms with Gasteiger partial charge in [0.1, 0.15) is 0 Å². The van der Waals surface area contributed by atoms with Gasteiger partial charge in [0.2, 0.25) is 5.91 Å². The molecule has 0 saturated carbocycles. The molecule has 0 heterocycles. The van der Waals surface area contributed by atoms with Crippen molar-refractivity contribution in [2.24, 2.45) is 0 Å². The first-order chi connectivity index (χ1) is 3.68. The van der Waals surface area contributed by atoms with Gasteiger partial charge in [-0.2, -0.15) is 0 Å². The third-order valence-electron chi connectivity index (χ3n) is 0.854. The summed E-state index contributed by atoms with van der Waals surface area (Å²) in [7, 11) is 1.63. The topological polar surface area (TPSA) is 20.3 Å². The van der Waals surface area contributed by atoms with Crippen LogP contribution in [0.25, 0.3) is 0 Å². The third kappa shape index (κ3) is 2.25. The van der Waals surface area contributed by atoms with Gasteiger partial charge in [-0.1, -0.05) is 5.92 Å². The van der Waals surface area contributed by atoms with Crippen LogP contribution < -0.4 is 0 Å². The van der Waals surface area contributed by atoms with Crippen molar-refractivity contribution in [3.8, 4) is 5.92 Å². The lowest BCUT2D eigenvalue weighted by Gasteiger charge is -2.08. The van der Waals surface area contributed by atoms with E-state index in [1.165, 1.54) is 11.8 Å². The van der Waals surface area contributed by atoms with E-state index in [9.17, 15) is 4.79 Å². The number of nitrogens with zero attached hydrogens (tertiary/aromatic N) is 1. The van der Waals surface area contributed by atoms with Gasteiger partial charge in [-0.05, 0) is 6.42 Å². The van der Waals surface area contributed by atoms with Crippen molar-refractivity contribution in [1.82, 2.24) is 4.90 Å². The average molecular weight is 110 g/mol.